The monoisotopic (exact) mass is 1860 g/mol. The number of alkyl carbamates (subject to hydrolysis) is 1. The number of sulfonamides is 1. The van der Waals surface area contributed by atoms with E-state index in [1.54, 1.807) is 125 Å². The number of fused-ring (bicyclic) bond motifs is 2. The molecule has 0 saturated carbocycles. The Morgan fingerprint density at radius 1 is 0.619 bits per heavy atom. The number of carbonyl (C=O) groups is 11. The Hall–Kier alpha value is -13.2. The number of aromatic nitrogens is 3. The molecule has 5 heterocycles. The van der Waals surface area contributed by atoms with Crippen molar-refractivity contribution in [1.29, 1.82) is 5.41 Å². The summed E-state index contributed by atoms with van der Waals surface area (Å²) in [6, 6.07) is 30.5. The summed E-state index contributed by atoms with van der Waals surface area (Å²) in [7, 11) is -2.89. The van der Waals surface area contributed by atoms with Gasteiger partial charge in [-0.2, -0.15) is 0 Å². The number of nitrogens with zero attached hydrogens (tertiary/aromatic N) is 3. The van der Waals surface area contributed by atoms with Crippen LogP contribution in [0.25, 0.3) is 10.9 Å². The van der Waals surface area contributed by atoms with Crippen LogP contribution < -0.4 is 67.4 Å². The third-order valence-corrected chi connectivity index (χ3v) is 25.8. The summed E-state index contributed by atoms with van der Waals surface area (Å²) in [5, 5.41) is 47.7. The van der Waals surface area contributed by atoms with E-state index in [1.165, 1.54) is 7.11 Å². The van der Waals surface area contributed by atoms with Crippen molar-refractivity contribution in [1.82, 2.24) is 77.3 Å². The van der Waals surface area contributed by atoms with Crippen LogP contribution in [0.5, 0.6) is 11.5 Å². The molecule has 134 heavy (non-hydrogen) atoms. The molecule has 10 amide bonds. The van der Waals surface area contributed by atoms with Crippen LogP contribution in [0.15, 0.2) is 163 Å². The topological polar surface area (TPSA) is 472 Å². The number of likely N-dealkylation sites (tertiary alicyclic amines) is 1. The molecule has 0 spiro atoms. The van der Waals surface area contributed by atoms with Crippen LogP contribution in [0.4, 0.5) is 4.79 Å². The van der Waals surface area contributed by atoms with Crippen molar-refractivity contribution in [2.75, 3.05) is 33.4 Å². The third-order valence-electron chi connectivity index (χ3n) is 24.1. The second-order valence-corrected chi connectivity index (χ2v) is 39.2. The van der Waals surface area contributed by atoms with Crippen molar-refractivity contribution in [3.63, 3.8) is 0 Å². The maximum absolute atomic E-state index is 15.8. The minimum absolute atomic E-state index is 0.00933. The normalized spacial score (nSPS) is 16.4. The van der Waals surface area contributed by atoms with Gasteiger partial charge in [0.05, 0.1) is 36.2 Å². The van der Waals surface area contributed by atoms with Gasteiger partial charge in [0, 0.05) is 68.6 Å². The van der Waals surface area contributed by atoms with Gasteiger partial charge in [-0.15, -0.1) is 0 Å². The zero-order valence-electron chi connectivity index (χ0n) is 78.6. The number of rotatable bonds is 42. The van der Waals surface area contributed by atoms with Gasteiger partial charge < -0.3 is 91.7 Å². The van der Waals surface area contributed by atoms with E-state index in [1.807, 2.05) is 128 Å². The number of guanidine groups is 1. The lowest BCUT2D eigenvalue weighted by atomic mass is 9.77. The van der Waals surface area contributed by atoms with Crippen molar-refractivity contribution in [3.05, 3.63) is 214 Å². The molecule has 3 aliphatic rings. The van der Waals surface area contributed by atoms with E-state index in [2.05, 4.69) is 62.9 Å². The van der Waals surface area contributed by atoms with Crippen LogP contribution in [-0.2, 0) is 98.7 Å². The molecule has 34 nitrogen and oxygen atoms in total. The molecule has 35 heteroatoms. The minimum atomic E-state index is -4.36. The van der Waals surface area contributed by atoms with Gasteiger partial charge in [-0.3, -0.25) is 48.6 Å². The molecule has 8 aromatic rings. The summed E-state index contributed by atoms with van der Waals surface area (Å²) in [4.78, 5) is 170. The smallest absolute Gasteiger partial charge is 0.407 e. The molecule has 9 atom stereocenters. The van der Waals surface area contributed by atoms with Gasteiger partial charge in [-0.05, 0) is 215 Å². The Morgan fingerprint density at radius 3 is 1.74 bits per heavy atom. The molecule has 11 rings (SSSR count). The fraction of sp³-hybridized carbons (Fsp3) is 0.465. The van der Waals surface area contributed by atoms with E-state index in [0.29, 0.717) is 68.8 Å². The van der Waals surface area contributed by atoms with Gasteiger partial charge in [0.25, 0.3) is 10.0 Å². The SMILES string of the molecule is COc1ccc(C[C@H](NC(=O)[C@H](COC(C)(C)C)NC(=O)[C@H](Cc2c[nH]c3ccccc23)NC(=O)[C@H](Cc2cn(C(c3ccccc3)(c3ccccc3)c3ccccc3)cn2)NC(=O)[C@@H]2CCC(=O)N2)C(=O)N[C@H](CCCCNC(=O)OC(C)(C)C)C(=O)N[C@@H](CC(C)C)C(=O)N[C@@H](CCCNC(=N)NS(=O)(=O)c2c(C)c(C)c3c(c2C)CCC(C)(C)O3)C(=O)N2CC[C@H]2C(=O)O)cc1. The van der Waals surface area contributed by atoms with Crippen molar-refractivity contribution in [3.8, 4) is 11.5 Å². The predicted octanol–water partition coefficient (Wildman–Crippen LogP) is 8.47. The number of amides is 10. The van der Waals surface area contributed by atoms with Crippen molar-refractivity contribution in [2.24, 2.45) is 5.92 Å². The molecule has 2 fully saturated rings. The fourth-order valence-corrected chi connectivity index (χ4v) is 18.6. The number of unbranched alkanes of at least 4 members (excludes halogenated alkanes) is 1. The number of methoxy groups -OCH3 is 1. The molecule has 718 valence electrons. The molecule has 6 aromatic carbocycles. The van der Waals surface area contributed by atoms with Crippen molar-refractivity contribution >= 4 is 92.1 Å². The molecular formula is C99H128N16O18S. The lowest BCUT2D eigenvalue weighted by molar-refractivity contribution is -0.158. The Balaban J connectivity index is 0.869. The number of aliphatic carboxylic acids is 1. The van der Waals surface area contributed by atoms with Gasteiger partial charge >= 0.3 is 12.1 Å². The van der Waals surface area contributed by atoms with Crippen LogP contribution in [0.3, 0.4) is 0 Å². The highest BCUT2D eigenvalue weighted by molar-refractivity contribution is 7.90. The number of carboxylic acids is 1. The first-order chi connectivity index (χ1) is 63.5. The Kier molecular flexibility index (Phi) is 33.7. The van der Waals surface area contributed by atoms with Crippen molar-refractivity contribution in [2.45, 2.75) is 262 Å². The highest BCUT2D eigenvalue weighted by Gasteiger charge is 2.45. The van der Waals surface area contributed by atoms with E-state index in [-0.39, 0.29) is 113 Å². The van der Waals surface area contributed by atoms with Gasteiger partial charge in [0.1, 0.15) is 82.6 Å². The molecule has 0 radical (unpaired) electrons. The van der Waals surface area contributed by atoms with Crippen LogP contribution in [0.2, 0.25) is 0 Å². The number of ether oxygens (including phenoxy) is 4. The van der Waals surface area contributed by atoms with Gasteiger partial charge in [0.15, 0.2) is 0 Å². The number of carboxylic acid groups (broad SMARTS) is 1. The number of benzene rings is 6. The largest absolute Gasteiger partial charge is 0.497 e. The van der Waals surface area contributed by atoms with Crippen LogP contribution in [-0.4, -0.2) is 209 Å². The third kappa shape index (κ3) is 26.4. The van der Waals surface area contributed by atoms with E-state index in [9.17, 15) is 37.5 Å². The lowest BCUT2D eigenvalue weighted by Crippen LogP contribution is -2.62. The number of nitrogens with one attached hydrogen (secondary N) is 13. The van der Waals surface area contributed by atoms with Crippen molar-refractivity contribution < 1.29 is 85.2 Å². The molecule has 0 unspecified atom stereocenters. The highest BCUT2D eigenvalue weighted by Crippen LogP contribution is 2.44. The zero-order valence-corrected chi connectivity index (χ0v) is 79.5. The molecule has 0 bridgehead atoms. The number of carbonyl (C=O) groups excluding carboxylic acids is 10. The predicted molar refractivity (Wildman–Crippen MR) is 504 cm³/mol. The van der Waals surface area contributed by atoms with Gasteiger partial charge in [-0.25, -0.2) is 27.7 Å². The van der Waals surface area contributed by atoms with E-state index < -0.39 is 159 Å². The van der Waals surface area contributed by atoms with Gasteiger partial charge in [-0.1, -0.05) is 135 Å². The second-order valence-electron chi connectivity index (χ2n) is 37.6. The summed E-state index contributed by atoms with van der Waals surface area (Å²) >= 11 is 0. The summed E-state index contributed by atoms with van der Waals surface area (Å²) in [6.45, 7) is 22.4. The van der Waals surface area contributed by atoms with E-state index in [0.717, 1.165) is 27.2 Å². The Labute approximate surface area is 782 Å². The van der Waals surface area contributed by atoms with Crippen LogP contribution in [0, 0.1) is 32.1 Å². The standard InChI is InChI=1S/C99H128N16O18S/c1-59(2)51-76(87(119)107-75(92(124)115-50-46-81(115)93(125)126)38-28-49-101-94(100)113-134(128,129)84-61(4)60(3)83-70(62(84)5)45-47-98(12,13)132-83)108-85(117)73(37-26-27-48-102-95(127)133-97(9,10)11)106-88(120)77(52-63-39-41-69(130-14)42-40-63)109-91(123)80(57-131-96(6,7)8)112-89(121)78(53-64-55-103-72-36-25-24-35-71(64)72)110-90(122)79(111-86(118)74-43-44-82(116)105-74)54-68-56-114(58-104-68)99(65-29-18-15-19-30-65,66-31-20-16-21-32-66)67-33-22-17-23-34-67/h15-25,29-36,39-42,55-56,58-59,73-81,103H,26-28,37-38,43-54,57H2,1-14H3,(H,102,127)(H,105,116)(H,106,120)(H,107,119)(H,108,117)(H,109,123)(H,110,122)(H,111,118)(H,112,121)(H,125,126)(H3,100,101,113)/t73-,74+,75+,76+,77+,78+,79+,80+,81+/m1/s1. The number of imidazole rings is 1. The summed E-state index contributed by atoms with van der Waals surface area (Å²) in [5.74, 6) is -8.30. The molecular weight excluding hydrogens is 1730 g/mol. The molecule has 14 N–H and O–H groups in total. The first-order valence-corrected chi connectivity index (χ1v) is 47.1. The number of para-hydroxylation sites is 1. The first kappa shape index (κ1) is 101. The number of hydrogen-bond acceptors (Lipinski definition) is 19. The maximum Gasteiger partial charge on any atom is 0.407 e. The average Bonchev–Trinajstić information content (AvgIpc) is 1.26. The van der Waals surface area contributed by atoms with Crippen LogP contribution in [0.1, 0.15) is 189 Å². The number of aromatic amines is 1. The molecule has 0 aliphatic carbocycles. The highest BCUT2D eigenvalue weighted by atomic mass is 32.2. The Morgan fingerprint density at radius 2 is 1.16 bits per heavy atom. The second kappa shape index (κ2) is 44.6. The molecule has 2 saturated heterocycles. The molecule has 2 aromatic heterocycles. The quantitative estimate of drug-likeness (QED) is 0.00738. The summed E-state index contributed by atoms with van der Waals surface area (Å²) < 4.78 is 56.2. The number of hydrogen-bond donors (Lipinski definition) is 14. The fourth-order valence-electron chi connectivity index (χ4n) is 17.0. The zero-order chi connectivity index (χ0) is 97.2. The van der Waals surface area contributed by atoms with E-state index >= 15 is 28.8 Å². The van der Waals surface area contributed by atoms with E-state index in [4.69, 9.17) is 29.3 Å². The average molecular weight is 1860 g/mol. The maximum atomic E-state index is 15.8. The van der Waals surface area contributed by atoms with Gasteiger partial charge in [0.2, 0.25) is 59.1 Å². The molecule has 3 aliphatic heterocycles. The minimum Gasteiger partial charge on any atom is -0.497 e. The summed E-state index contributed by atoms with van der Waals surface area (Å²) in [6.07, 6.45) is 5.26. The number of H-pyrrole nitrogens is 1. The Bertz CT molecular complexity index is 5560. The summed E-state index contributed by atoms with van der Waals surface area (Å²) in [5.41, 5.74) is 3.78. The first-order valence-electron chi connectivity index (χ1n) is 45.6. The lowest BCUT2D eigenvalue weighted by Gasteiger charge is -2.40. The van der Waals surface area contributed by atoms with Crippen LogP contribution >= 0.6 is 0 Å².